The molecule has 0 saturated heterocycles. The molecular weight excluding hydrogens is 322 g/mol. The number of nitrogens with one attached hydrogen (secondary N) is 2. The number of hydrogen-bond acceptors (Lipinski definition) is 2. The van der Waals surface area contributed by atoms with Crippen LogP contribution in [0.15, 0.2) is 54.6 Å². The minimum Gasteiger partial charge on any atom is -0.358 e. The summed E-state index contributed by atoms with van der Waals surface area (Å²) in [6.45, 7) is 4.63. The van der Waals surface area contributed by atoms with Crippen LogP contribution in [-0.2, 0) is 17.8 Å². The number of rotatable bonds is 8. The highest BCUT2D eigenvalue weighted by molar-refractivity contribution is 5.90. The standard InChI is InChI=1S/C22H27N3O/c1-17-20(19-11-6-7-12-21(19)24-17)15-22(26)23-13-8-14-25(2)16-18-9-4-3-5-10-18/h3-7,9-12,24H,8,13-16H2,1-2H3,(H,23,26). The number of hydrogen-bond donors (Lipinski definition) is 2. The molecule has 0 aliphatic rings. The van der Waals surface area contributed by atoms with Gasteiger partial charge in [0.25, 0.3) is 0 Å². The molecule has 0 fully saturated rings. The zero-order valence-corrected chi connectivity index (χ0v) is 15.6. The first-order chi connectivity index (χ1) is 12.6. The lowest BCUT2D eigenvalue weighted by Crippen LogP contribution is -2.29. The largest absolute Gasteiger partial charge is 0.358 e. The summed E-state index contributed by atoms with van der Waals surface area (Å²) >= 11 is 0. The zero-order chi connectivity index (χ0) is 18.4. The van der Waals surface area contributed by atoms with Crippen LogP contribution in [0.3, 0.4) is 0 Å². The molecule has 0 bridgehead atoms. The van der Waals surface area contributed by atoms with Gasteiger partial charge in [0.15, 0.2) is 0 Å². The highest BCUT2D eigenvalue weighted by Gasteiger charge is 2.11. The highest BCUT2D eigenvalue weighted by atomic mass is 16.1. The van der Waals surface area contributed by atoms with E-state index < -0.39 is 0 Å². The molecule has 0 aliphatic carbocycles. The van der Waals surface area contributed by atoms with Gasteiger partial charge in [-0.3, -0.25) is 4.79 Å². The van der Waals surface area contributed by atoms with Gasteiger partial charge >= 0.3 is 0 Å². The normalized spacial score (nSPS) is 11.2. The molecule has 0 unspecified atom stereocenters. The van der Waals surface area contributed by atoms with E-state index >= 15 is 0 Å². The lowest BCUT2D eigenvalue weighted by Gasteiger charge is -2.16. The van der Waals surface area contributed by atoms with Gasteiger partial charge in [0.05, 0.1) is 6.42 Å². The van der Waals surface area contributed by atoms with Crippen LogP contribution in [0.1, 0.15) is 23.2 Å². The summed E-state index contributed by atoms with van der Waals surface area (Å²) < 4.78 is 0. The number of fused-ring (bicyclic) bond motifs is 1. The Morgan fingerprint density at radius 3 is 2.62 bits per heavy atom. The predicted molar refractivity (Wildman–Crippen MR) is 107 cm³/mol. The Balaban J connectivity index is 1.42. The van der Waals surface area contributed by atoms with Gasteiger partial charge in [-0.05, 0) is 44.1 Å². The number of carbonyl (C=O) groups is 1. The van der Waals surface area contributed by atoms with Gasteiger partial charge < -0.3 is 15.2 Å². The van der Waals surface area contributed by atoms with Crippen molar-refractivity contribution >= 4 is 16.8 Å². The lowest BCUT2D eigenvalue weighted by molar-refractivity contribution is -0.120. The van der Waals surface area contributed by atoms with Crippen LogP contribution in [0.25, 0.3) is 10.9 Å². The van der Waals surface area contributed by atoms with E-state index in [0.29, 0.717) is 13.0 Å². The second-order valence-electron chi connectivity index (χ2n) is 6.88. The molecule has 1 amide bonds. The molecule has 136 valence electrons. The molecule has 1 heterocycles. The monoisotopic (exact) mass is 349 g/mol. The van der Waals surface area contributed by atoms with Crippen molar-refractivity contribution in [3.63, 3.8) is 0 Å². The van der Waals surface area contributed by atoms with Gasteiger partial charge in [-0.15, -0.1) is 0 Å². The average molecular weight is 349 g/mol. The van der Waals surface area contributed by atoms with Gasteiger partial charge in [-0.25, -0.2) is 0 Å². The van der Waals surface area contributed by atoms with E-state index in [4.69, 9.17) is 0 Å². The van der Waals surface area contributed by atoms with E-state index in [9.17, 15) is 4.79 Å². The van der Waals surface area contributed by atoms with Gasteiger partial charge in [-0.2, -0.15) is 0 Å². The third kappa shape index (κ3) is 4.73. The summed E-state index contributed by atoms with van der Waals surface area (Å²) in [7, 11) is 2.12. The Morgan fingerprint density at radius 1 is 1.08 bits per heavy atom. The number of carbonyl (C=O) groups excluding carboxylic acids is 1. The third-order valence-electron chi connectivity index (χ3n) is 4.70. The third-order valence-corrected chi connectivity index (χ3v) is 4.70. The summed E-state index contributed by atoms with van der Waals surface area (Å²) in [5, 5.41) is 4.19. The number of aromatic amines is 1. The van der Waals surface area contributed by atoms with Crippen LogP contribution in [0.2, 0.25) is 0 Å². The first-order valence-electron chi connectivity index (χ1n) is 9.19. The average Bonchev–Trinajstić information content (AvgIpc) is 2.95. The van der Waals surface area contributed by atoms with Crippen LogP contribution < -0.4 is 5.32 Å². The summed E-state index contributed by atoms with van der Waals surface area (Å²) in [5.74, 6) is 0.0866. The maximum absolute atomic E-state index is 12.3. The first-order valence-corrected chi connectivity index (χ1v) is 9.19. The number of amides is 1. The number of aromatic nitrogens is 1. The molecule has 0 spiro atoms. The van der Waals surface area contributed by atoms with Crippen molar-refractivity contribution in [1.29, 1.82) is 0 Å². The van der Waals surface area contributed by atoms with Crippen molar-refractivity contribution in [1.82, 2.24) is 15.2 Å². The van der Waals surface area contributed by atoms with E-state index in [0.717, 1.165) is 41.7 Å². The number of para-hydroxylation sites is 1. The zero-order valence-electron chi connectivity index (χ0n) is 15.6. The van der Waals surface area contributed by atoms with Crippen LogP contribution >= 0.6 is 0 Å². The van der Waals surface area contributed by atoms with Crippen molar-refractivity contribution in [3.05, 3.63) is 71.4 Å². The first kappa shape index (κ1) is 18.2. The molecule has 3 rings (SSSR count). The van der Waals surface area contributed by atoms with E-state index in [-0.39, 0.29) is 5.91 Å². The Hall–Kier alpha value is -2.59. The molecule has 0 atom stereocenters. The van der Waals surface area contributed by atoms with E-state index in [1.54, 1.807) is 0 Å². The summed E-state index contributed by atoms with van der Waals surface area (Å²) in [6, 6.07) is 18.6. The number of aryl methyl sites for hydroxylation is 1. The van der Waals surface area contributed by atoms with Crippen molar-refractivity contribution < 1.29 is 4.79 Å². The van der Waals surface area contributed by atoms with Crippen molar-refractivity contribution in [2.75, 3.05) is 20.1 Å². The molecule has 2 N–H and O–H groups in total. The highest BCUT2D eigenvalue weighted by Crippen LogP contribution is 2.22. The Bertz CT molecular complexity index is 854. The molecule has 0 saturated carbocycles. The second-order valence-corrected chi connectivity index (χ2v) is 6.88. The summed E-state index contributed by atoms with van der Waals surface area (Å²) in [4.78, 5) is 17.9. The SMILES string of the molecule is Cc1[nH]c2ccccc2c1CC(=O)NCCCN(C)Cc1ccccc1. The molecule has 4 nitrogen and oxygen atoms in total. The van der Waals surface area contributed by atoms with Crippen molar-refractivity contribution in [2.45, 2.75) is 26.3 Å². The smallest absolute Gasteiger partial charge is 0.224 e. The molecular formula is C22H27N3O. The minimum absolute atomic E-state index is 0.0866. The minimum atomic E-state index is 0.0866. The Kier molecular flexibility index (Phi) is 6.08. The van der Waals surface area contributed by atoms with Crippen LogP contribution in [-0.4, -0.2) is 35.9 Å². The predicted octanol–water partition coefficient (Wildman–Crippen LogP) is 3.66. The Morgan fingerprint density at radius 2 is 1.81 bits per heavy atom. The van der Waals surface area contributed by atoms with Crippen molar-refractivity contribution in [2.24, 2.45) is 0 Å². The molecule has 2 aromatic carbocycles. The summed E-state index contributed by atoms with van der Waals surface area (Å²) in [6.07, 6.45) is 1.37. The molecule has 0 aliphatic heterocycles. The molecule has 3 aromatic rings. The van der Waals surface area contributed by atoms with Crippen LogP contribution in [0.5, 0.6) is 0 Å². The topological polar surface area (TPSA) is 48.1 Å². The molecule has 0 radical (unpaired) electrons. The van der Waals surface area contributed by atoms with Crippen molar-refractivity contribution in [3.8, 4) is 0 Å². The fourth-order valence-corrected chi connectivity index (χ4v) is 3.34. The summed E-state index contributed by atoms with van der Waals surface area (Å²) in [5.41, 5.74) is 4.58. The van der Waals surface area contributed by atoms with Gasteiger partial charge in [-0.1, -0.05) is 48.5 Å². The molecule has 26 heavy (non-hydrogen) atoms. The second kappa shape index (κ2) is 8.68. The van der Waals surface area contributed by atoms with E-state index in [1.165, 1.54) is 5.56 Å². The molecule has 1 aromatic heterocycles. The quantitative estimate of drug-likeness (QED) is 0.610. The van der Waals surface area contributed by atoms with E-state index in [2.05, 4.69) is 52.6 Å². The number of nitrogens with zero attached hydrogens (tertiary/aromatic N) is 1. The van der Waals surface area contributed by atoms with Gasteiger partial charge in [0, 0.05) is 29.7 Å². The Labute approximate surface area is 155 Å². The fourth-order valence-electron chi connectivity index (χ4n) is 3.34. The van der Waals surface area contributed by atoms with Crippen LogP contribution in [0, 0.1) is 6.92 Å². The van der Waals surface area contributed by atoms with Gasteiger partial charge in [0.2, 0.25) is 5.91 Å². The maximum atomic E-state index is 12.3. The fraction of sp³-hybridized carbons (Fsp3) is 0.318. The van der Waals surface area contributed by atoms with Crippen LogP contribution in [0.4, 0.5) is 0 Å². The number of H-pyrrole nitrogens is 1. The number of benzene rings is 2. The lowest BCUT2D eigenvalue weighted by atomic mass is 10.1. The van der Waals surface area contributed by atoms with Gasteiger partial charge in [0.1, 0.15) is 0 Å². The molecule has 4 heteroatoms. The van der Waals surface area contributed by atoms with E-state index in [1.807, 2.05) is 31.2 Å². The maximum Gasteiger partial charge on any atom is 0.224 e.